The van der Waals surface area contributed by atoms with Crippen LogP contribution in [0.5, 0.6) is 34.5 Å². The van der Waals surface area contributed by atoms with Crippen LogP contribution in [0.4, 0.5) is 5.69 Å². The zero-order valence-corrected chi connectivity index (χ0v) is 32.0. The SMILES string of the molecule is CCCOc1cc(OCCCCN(C)CC(=O)NCCCCC(=O)O)cc(Oc2cc3c(cc2NS(=O)(=O)c2ccc(OC)c(OC)c2)[nH]c(=O)n3C)c1. The van der Waals surface area contributed by atoms with Crippen LogP contribution < -0.4 is 39.4 Å². The first-order valence-corrected chi connectivity index (χ1v) is 19.0. The number of anilines is 1. The van der Waals surface area contributed by atoms with Crippen molar-refractivity contribution in [2.75, 3.05) is 58.8 Å². The number of likely N-dealkylation sites (N-methyl/N-ethyl adjacent to an activating group) is 1. The monoisotopic (exact) mass is 771 g/mol. The molecule has 4 aromatic rings. The van der Waals surface area contributed by atoms with Gasteiger partial charge in [0.1, 0.15) is 17.2 Å². The first-order valence-electron chi connectivity index (χ1n) is 17.6. The second kappa shape index (κ2) is 19.6. The molecule has 17 heteroatoms. The van der Waals surface area contributed by atoms with Gasteiger partial charge in [0, 0.05) is 50.3 Å². The fraction of sp³-hybridized carbons (Fsp3) is 0.432. The number of aromatic amines is 1. The summed E-state index contributed by atoms with van der Waals surface area (Å²) in [5.74, 6) is 1.01. The van der Waals surface area contributed by atoms with E-state index < -0.39 is 16.0 Å². The topological polar surface area (TPSA) is 200 Å². The second-order valence-electron chi connectivity index (χ2n) is 12.6. The number of benzene rings is 3. The maximum atomic E-state index is 13.6. The Morgan fingerprint density at radius 2 is 1.59 bits per heavy atom. The molecule has 3 aromatic carbocycles. The molecule has 0 atom stereocenters. The van der Waals surface area contributed by atoms with Gasteiger partial charge in [-0.1, -0.05) is 6.92 Å². The Balaban J connectivity index is 1.47. The summed E-state index contributed by atoms with van der Waals surface area (Å²) in [5.41, 5.74) is 0.554. The van der Waals surface area contributed by atoms with Gasteiger partial charge in [0.15, 0.2) is 17.2 Å². The van der Waals surface area contributed by atoms with Gasteiger partial charge < -0.3 is 39.1 Å². The number of aromatic nitrogens is 2. The number of hydrogen-bond donors (Lipinski definition) is 4. The number of H-pyrrole nitrogens is 1. The first-order chi connectivity index (χ1) is 25.8. The number of hydrogen-bond acceptors (Lipinski definition) is 11. The Morgan fingerprint density at radius 3 is 2.28 bits per heavy atom. The number of rotatable bonds is 23. The summed E-state index contributed by atoms with van der Waals surface area (Å²) in [7, 11) is 2.12. The number of carbonyl (C=O) groups excluding carboxylic acids is 1. The van der Waals surface area contributed by atoms with Gasteiger partial charge in [0.05, 0.1) is 55.6 Å². The summed E-state index contributed by atoms with van der Waals surface area (Å²) in [6.07, 6.45) is 3.43. The largest absolute Gasteiger partial charge is 0.493 e. The lowest BCUT2D eigenvalue weighted by Gasteiger charge is -2.17. The average molecular weight is 772 g/mol. The smallest absolute Gasteiger partial charge is 0.326 e. The molecule has 294 valence electrons. The molecule has 0 fully saturated rings. The average Bonchev–Trinajstić information content (AvgIpc) is 3.40. The minimum absolute atomic E-state index is 0.0671. The summed E-state index contributed by atoms with van der Waals surface area (Å²) in [5, 5.41) is 11.5. The molecule has 0 saturated heterocycles. The van der Waals surface area contributed by atoms with E-state index >= 15 is 0 Å². The van der Waals surface area contributed by atoms with Crippen molar-refractivity contribution in [3.8, 4) is 34.5 Å². The Bertz CT molecular complexity index is 2060. The van der Waals surface area contributed by atoms with Crippen LogP contribution in [0.3, 0.4) is 0 Å². The summed E-state index contributed by atoms with van der Waals surface area (Å²) in [6, 6.07) is 12.3. The Hall–Kier alpha value is -5.42. The van der Waals surface area contributed by atoms with Crippen LogP contribution in [0.1, 0.15) is 45.4 Å². The third-order valence-corrected chi connectivity index (χ3v) is 9.59. The van der Waals surface area contributed by atoms with E-state index in [4.69, 9.17) is 28.8 Å². The molecule has 1 amide bonds. The first kappa shape index (κ1) is 41.3. The normalized spacial score (nSPS) is 11.4. The number of methoxy groups -OCH3 is 2. The number of imidazole rings is 1. The quantitative estimate of drug-likeness (QED) is 0.0758. The molecule has 0 spiro atoms. The second-order valence-corrected chi connectivity index (χ2v) is 14.2. The Morgan fingerprint density at radius 1 is 0.889 bits per heavy atom. The van der Waals surface area contributed by atoms with E-state index in [0.717, 1.165) is 12.8 Å². The van der Waals surface area contributed by atoms with Crippen molar-refractivity contribution in [2.45, 2.75) is 50.3 Å². The molecule has 0 aliphatic heterocycles. The third-order valence-electron chi connectivity index (χ3n) is 8.23. The summed E-state index contributed by atoms with van der Waals surface area (Å²) < 4.78 is 60.1. The number of nitrogens with zero attached hydrogens (tertiary/aromatic N) is 2. The van der Waals surface area contributed by atoms with Crippen LogP contribution in [0.15, 0.2) is 58.2 Å². The van der Waals surface area contributed by atoms with Crippen molar-refractivity contribution in [3.05, 3.63) is 59.0 Å². The number of carbonyl (C=O) groups is 2. The summed E-state index contributed by atoms with van der Waals surface area (Å²) in [6.45, 7) is 4.13. The highest BCUT2D eigenvalue weighted by molar-refractivity contribution is 7.92. The molecule has 4 N–H and O–H groups in total. The molecule has 1 heterocycles. The van der Waals surface area contributed by atoms with Crippen LogP contribution in [0.2, 0.25) is 0 Å². The summed E-state index contributed by atoms with van der Waals surface area (Å²) >= 11 is 0. The maximum absolute atomic E-state index is 13.6. The maximum Gasteiger partial charge on any atom is 0.326 e. The van der Waals surface area contributed by atoms with Gasteiger partial charge in [-0.25, -0.2) is 13.2 Å². The molecule has 16 nitrogen and oxygen atoms in total. The van der Waals surface area contributed by atoms with Gasteiger partial charge in [-0.3, -0.25) is 23.8 Å². The predicted molar refractivity (Wildman–Crippen MR) is 203 cm³/mol. The van der Waals surface area contributed by atoms with Gasteiger partial charge in [-0.15, -0.1) is 0 Å². The number of nitrogens with one attached hydrogen (secondary N) is 3. The molecular weight excluding hydrogens is 722 g/mol. The van der Waals surface area contributed by atoms with E-state index in [1.54, 1.807) is 31.3 Å². The van der Waals surface area contributed by atoms with Crippen LogP contribution in [0, 0.1) is 0 Å². The summed E-state index contributed by atoms with van der Waals surface area (Å²) in [4.78, 5) is 39.9. The van der Waals surface area contributed by atoms with Gasteiger partial charge in [-0.05, 0) is 63.9 Å². The minimum Gasteiger partial charge on any atom is -0.493 e. The number of carboxylic acids is 1. The van der Waals surface area contributed by atoms with E-state index in [-0.39, 0.29) is 46.6 Å². The van der Waals surface area contributed by atoms with Gasteiger partial charge in [-0.2, -0.15) is 0 Å². The zero-order chi connectivity index (χ0) is 39.3. The van der Waals surface area contributed by atoms with E-state index in [1.807, 2.05) is 18.9 Å². The van der Waals surface area contributed by atoms with E-state index in [1.165, 1.54) is 43.1 Å². The molecule has 54 heavy (non-hydrogen) atoms. The number of sulfonamides is 1. The Labute approximate surface area is 314 Å². The number of fused-ring (bicyclic) bond motifs is 1. The van der Waals surface area contributed by atoms with Crippen LogP contribution >= 0.6 is 0 Å². The molecule has 4 rings (SSSR count). The van der Waals surface area contributed by atoms with E-state index in [0.29, 0.717) is 79.6 Å². The fourth-order valence-corrected chi connectivity index (χ4v) is 6.48. The lowest BCUT2D eigenvalue weighted by atomic mass is 10.2. The molecular formula is C37H49N5O11S. The Kier molecular flexibility index (Phi) is 15.0. The molecule has 0 bridgehead atoms. The highest BCUT2D eigenvalue weighted by Gasteiger charge is 2.22. The predicted octanol–water partition coefficient (Wildman–Crippen LogP) is 4.73. The van der Waals surface area contributed by atoms with Gasteiger partial charge in [0.2, 0.25) is 5.91 Å². The number of aryl methyl sites for hydroxylation is 1. The third kappa shape index (κ3) is 11.8. The lowest BCUT2D eigenvalue weighted by Crippen LogP contribution is -2.36. The number of amides is 1. The van der Waals surface area contributed by atoms with E-state index in [9.17, 15) is 22.8 Å². The molecule has 0 unspecified atom stereocenters. The van der Waals surface area contributed by atoms with Crippen LogP contribution in [0.25, 0.3) is 11.0 Å². The van der Waals surface area contributed by atoms with Crippen molar-refractivity contribution in [2.24, 2.45) is 7.05 Å². The fourth-order valence-electron chi connectivity index (χ4n) is 5.41. The minimum atomic E-state index is -4.18. The van der Waals surface area contributed by atoms with Crippen molar-refractivity contribution in [1.29, 1.82) is 0 Å². The molecule has 1 aromatic heterocycles. The van der Waals surface area contributed by atoms with Crippen molar-refractivity contribution in [1.82, 2.24) is 19.8 Å². The number of ether oxygens (including phenoxy) is 5. The number of unbranched alkanes of at least 4 members (excludes halogenated alkanes) is 2. The molecule has 0 aliphatic rings. The lowest BCUT2D eigenvalue weighted by molar-refractivity contribution is -0.137. The van der Waals surface area contributed by atoms with Crippen LogP contribution in [-0.2, 0) is 26.7 Å². The van der Waals surface area contributed by atoms with Crippen molar-refractivity contribution in [3.63, 3.8) is 0 Å². The van der Waals surface area contributed by atoms with Gasteiger partial charge >= 0.3 is 11.7 Å². The molecule has 0 aliphatic carbocycles. The molecule has 0 radical (unpaired) electrons. The highest BCUT2D eigenvalue weighted by atomic mass is 32.2. The van der Waals surface area contributed by atoms with Crippen molar-refractivity contribution >= 4 is 38.6 Å². The number of aliphatic carboxylic acids is 1. The van der Waals surface area contributed by atoms with Crippen LogP contribution in [-0.4, -0.2) is 94.0 Å². The van der Waals surface area contributed by atoms with Gasteiger partial charge in [0.25, 0.3) is 10.0 Å². The standard InChI is InChI=1S/C37H49N5O11S/c1-6-16-51-25-18-26(52-17-10-9-15-41(2)24-35(43)38-14-8-7-11-36(44)45)20-27(19-25)53-33-23-31-29(39-37(46)42(31)3)22-30(33)40-54(47,48)28-12-13-32(49-4)34(21-28)50-5/h12-13,18-23,40H,6-11,14-17,24H2,1-5H3,(H,38,43)(H,39,46)(H,44,45). The number of carboxylic acid groups (broad SMARTS) is 1. The molecule has 0 saturated carbocycles. The van der Waals surface area contributed by atoms with Crippen molar-refractivity contribution < 1.29 is 46.8 Å². The van der Waals surface area contributed by atoms with E-state index in [2.05, 4.69) is 15.0 Å². The zero-order valence-electron chi connectivity index (χ0n) is 31.2. The highest BCUT2D eigenvalue weighted by Crippen LogP contribution is 2.38.